The minimum absolute atomic E-state index is 0.00495. The van der Waals surface area contributed by atoms with Crippen LogP contribution in [0.4, 0.5) is 5.69 Å². The van der Waals surface area contributed by atoms with Crippen molar-refractivity contribution >= 4 is 27.5 Å². The fourth-order valence-electron chi connectivity index (χ4n) is 2.09. The standard InChI is InChI=1S/C12H15BrN2O/c1-2-3-10(14)9-6-8(13)4-7-5-11(16)15-12(7)9/h4,6,10H,2-3,5,14H2,1H3,(H,15,16). The molecule has 0 aliphatic carbocycles. The van der Waals surface area contributed by atoms with Gasteiger partial charge >= 0.3 is 0 Å². The predicted molar refractivity (Wildman–Crippen MR) is 68.3 cm³/mol. The van der Waals surface area contributed by atoms with Crippen molar-refractivity contribution in [1.29, 1.82) is 0 Å². The zero-order chi connectivity index (χ0) is 11.7. The Balaban J connectivity index is 2.42. The number of carbonyl (C=O) groups excluding carboxylic acids is 1. The number of halogens is 1. The fourth-order valence-corrected chi connectivity index (χ4v) is 2.62. The molecule has 0 fully saturated rings. The minimum atomic E-state index is -0.00495. The summed E-state index contributed by atoms with van der Waals surface area (Å²) >= 11 is 3.46. The molecule has 3 nitrogen and oxygen atoms in total. The quantitative estimate of drug-likeness (QED) is 0.896. The van der Waals surface area contributed by atoms with E-state index in [2.05, 4.69) is 28.2 Å². The van der Waals surface area contributed by atoms with Gasteiger partial charge in [0, 0.05) is 16.2 Å². The molecule has 0 bridgehead atoms. The number of hydrogen-bond acceptors (Lipinski definition) is 2. The second-order valence-corrected chi connectivity index (χ2v) is 5.06. The Morgan fingerprint density at radius 1 is 1.56 bits per heavy atom. The van der Waals surface area contributed by atoms with E-state index < -0.39 is 0 Å². The van der Waals surface area contributed by atoms with E-state index in [1.807, 2.05) is 12.1 Å². The van der Waals surface area contributed by atoms with Crippen molar-refractivity contribution in [3.05, 3.63) is 27.7 Å². The number of carbonyl (C=O) groups is 1. The van der Waals surface area contributed by atoms with E-state index in [0.717, 1.165) is 34.1 Å². The number of anilines is 1. The number of hydrogen-bond donors (Lipinski definition) is 2. The van der Waals surface area contributed by atoms with E-state index in [-0.39, 0.29) is 11.9 Å². The molecule has 1 unspecified atom stereocenters. The van der Waals surface area contributed by atoms with Gasteiger partial charge in [-0.2, -0.15) is 0 Å². The van der Waals surface area contributed by atoms with Gasteiger partial charge in [0.15, 0.2) is 0 Å². The van der Waals surface area contributed by atoms with Crippen molar-refractivity contribution in [3.63, 3.8) is 0 Å². The van der Waals surface area contributed by atoms with Crippen LogP contribution in [0.1, 0.15) is 36.9 Å². The highest BCUT2D eigenvalue weighted by Crippen LogP contribution is 2.35. The minimum Gasteiger partial charge on any atom is -0.325 e. The molecule has 0 saturated carbocycles. The van der Waals surface area contributed by atoms with Gasteiger partial charge in [-0.05, 0) is 29.7 Å². The lowest BCUT2D eigenvalue weighted by molar-refractivity contribution is -0.115. The van der Waals surface area contributed by atoms with Crippen molar-refractivity contribution in [3.8, 4) is 0 Å². The molecule has 3 N–H and O–H groups in total. The van der Waals surface area contributed by atoms with Gasteiger partial charge in [-0.15, -0.1) is 0 Å². The van der Waals surface area contributed by atoms with E-state index in [9.17, 15) is 4.79 Å². The second kappa shape index (κ2) is 4.55. The first-order valence-electron chi connectivity index (χ1n) is 5.49. The Bertz CT molecular complexity index is 431. The zero-order valence-electron chi connectivity index (χ0n) is 9.22. The van der Waals surface area contributed by atoms with Crippen LogP contribution in [-0.4, -0.2) is 5.91 Å². The zero-order valence-corrected chi connectivity index (χ0v) is 10.8. The predicted octanol–water partition coefficient (Wildman–Crippen LogP) is 2.74. The molecule has 1 amide bonds. The van der Waals surface area contributed by atoms with Gasteiger partial charge in [-0.3, -0.25) is 4.79 Å². The molecule has 4 heteroatoms. The summed E-state index contributed by atoms with van der Waals surface area (Å²) < 4.78 is 0.990. The van der Waals surface area contributed by atoms with Gasteiger partial charge in [0.25, 0.3) is 0 Å². The van der Waals surface area contributed by atoms with E-state index in [0.29, 0.717) is 6.42 Å². The number of amides is 1. The summed E-state index contributed by atoms with van der Waals surface area (Å²) in [6.07, 6.45) is 2.43. The summed E-state index contributed by atoms with van der Waals surface area (Å²) in [4.78, 5) is 11.4. The highest BCUT2D eigenvalue weighted by Gasteiger charge is 2.23. The van der Waals surface area contributed by atoms with E-state index in [4.69, 9.17) is 5.73 Å². The summed E-state index contributed by atoms with van der Waals surface area (Å²) in [6.45, 7) is 2.11. The van der Waals surface area contributed by atoms with Gasteiger partial charge in [0.1, 0.15) is 0 Å². The summed E-state index contributed by atoms with van der Waals surface area (Å²) in [7, 11) is 0. The molecule has 86 valence electrons. The first-order valence-corrected chi connectivity index (χ1v) is 6.29. The lowest BCUT2D eigenvalue weighted by atomic mass is 9.99. The average Bonchev–Trinajstić information content (AvgIpc) is 2.57. The molecule has 1 aromatic rings. The van der Waals surface area contributed by atoms with Crippen molar-refractivity contribution in [1.82, 2.24) is 0 Å². The third-order valence-electron chi connectivity index (χ3n) is 2.83. The molecule has 1 aliphatic heterocycles. The van der Waals surface area contributed by atoms with Crippen molar-refractivity contribution in [2.75, 3.05) is 5.32 Å². The molecule has 1 heterocycles. The van der Waals surface area contributed by atoms with Crippen LogP contribution >= 0.6 is 15.9 Å². The monoisotopic (exact) mass is 282 g/mol. The maximum absolute atomic E-state index is 11.4. The number of benzene rings is 1. The highest BCUT2D eigenvalue weighted by molar-refractivity contribution is 9.10. The molecule has 0 aromatic heterocycles. The smallest absolute Gasteiger partial charge is 0.228 e. The highest BCUT2D eigenvalue weighted by atomic mass is 79.9. The topological polar surface area (TPSA) is 55.1 Å². The Morgan fingerprint density at radius 3 is 3.00 bits per heavy atom. The van der Waals surface area contributed by atoms with Gasteiger partial charge in [-0.25, -0.2) is 0 Å². The Hall–Kier alpha value is -0.870. The molecular weight excluding hydrogens is 268 g/mol. The maximum atomic E-state index is 11.4. The third kappa shape index (κ3) is 2.13. The Kier molecular flexibility index (Phi) is 3.30. The van der Waals surface area contributed by atoms with Crippen LogP contribution in [-0.2, 0) is 11.2 Å². The molecule has 0 radical (unpaired) electrons. The van der Waals surface area contributed by atoms with Crippen LogP contribution < -0.4 is 11.1 Å². The van der Waals surface area contributed by atoms with Crippen LogP contribution in [0.5, 0.6) is 0 Å². The fraction of sp³-hybridized carbons (Fsp3) is 0.417. The first kappa shape index (κ1) is 11.6. The number of fused-ring (bicyclic) bond motifs is 1. The lowest BCUT2D eigenvalue weighted by Crippen LogP contribution is -2.13. The SMILES string of the molecule is CCCC(N)c1cc(Br)cc2c1NC(=O)C2. The molecule has 1 atom stereocenters. The average molecular weight is 283 g/mol. The van der Waals surface area contributed by atoms with Crippen LogP contribution in [0.3, 0.4) is 0 Å². The molecule has 16 heavy (non-hydrogen) atoms. The van der Waals surface area contributed by atoms with E-state index in [1.54, 1.807) is 0 Å². The normalized spacial score (nSPS) is 15.8. The van der Waals surface area contributed by atoms with Crippen molar-refractivity contribution in [2.45, 2.75) is 32.2 Å². The summed E-state index contributed by atoms with van der Waals surface area (Å²) in [5, 5.41) is 2.89. The van der Waals surface area contributed by atoms with E-state index in [1.165, 1.54) is 0 Å². The molecular formula is C12H15BrN2O. The van der Waals surface area contributed by atoms with Gasteiger partial charge in [-0.1, -0.05) is 29.3 Å². The molecule has 0 spiro atoms. The molecule has 1 aromatic carbocycles. The van der Waals surface area contributed by atoms with Crippen LogP contribution in [0.15, 0.2) is 16.6 Å². The summed E-state index contributed by atoms with van der Waals surface area (Å²) in [6, 6.07) is 3.98. The number of rotatable bonds is 3. The first-order chi connectivity index (χ1) is 7.61. The van der Waals surface area contributed by atoms with Crippen molar-refractivity contribution < 1.29 is 4.79 Å². The second-order valence-electron chi connectivity index (χ2n) is 4.15. The Labute approximate surface area is 104 Å². The van der Waals surface area contributed by atoms with Gasteiger partial charge in [0.05, 0.1) is 6.42 Å². The van der Waals surface area contributed by atoms with E-state index >= 15 is 0 Å². The largest absolute Gasteiger partial charge is 0.325 e. The van der Waals surface area contributed by atoms with Gasteiger partial charge < -0.3 is 11.1 Å². The van der Waals surface area contributed by atoms with Crippen molar-refractivity contribution in [2.24, 2.45) is 5.73 Å². The lowest BCUT2D eigenvalue weighted by Gasteiger charge is -2.15. The molecule has 2 rings (SSSR count). The summed E-state index contributed by atoms with van der Waals surface area (Å²) in [5.74, 6) is 0.0537. The summed E-state index contributed by atoms with van der Waals surface area (Å²) in [5.41, 5.74) is 9.13. The third-order valence-corrected chi connectivity index (χ3v) is 3.29. The molecule has 0 saturated heterocycles. The number of nitrogens with two attached hydrogens (primary N) is 1. The van der Waals surface area contributed by atoms with Crippen LogP contribution in [0.25, 0.3) is 0 Å². The Morgan fingerprint density at radius 2 is 2.31 bits per heavy atom. The maximum Gasteiger partial charge on any atom is 0.228 e. The number of nitrogens with one attached hydrogen (secondary N) is 1. The van der Waals surface area contributed by atoms with Gasteiger partial charge in [0.2, 0.25) is 5.91 Å². The van der Waals surface area contributed by atoms with Crippen LogP contribution in [0, 0.1) is 0 Å². The molecule has 1 aliphatic rings. The van der Waals surface area contributed by atoms with Crippen LogP contribution in [0.2, 0.25) is 0 Å².